The molecule has 1 aliphatic carbocycles. The maximum Gasteiger partial charge on any atom is 0.0441 e. The van der Waals surface area contributed by atoms with Crippen LogP contribution in [0.5, 0.6) is 0 Å². The van der Waals surface area contributed by atoms with Crippen molar-refractivity contribution in [1.82, 2.24) is 0 Å². The van der Waals surface area contributed by atoms with Gasteiger partial charge in [0, 0.05) is 17.1 Å². The molecule has 0 bridgehead atoms. The Bertz CT molecular complexity index is 299. The Morgan fingerprint density at radius 2 is 2.13 bits per heavy atom. The lowest BCUT2D eigenvalue weighted by molar-refractivity contribution is 0.289. The Hall–Kier alpha value is -0.470. The molecule has 2 heteroatoms. The van der Waals surface area contributed by atoms with E-state index in [0.717, 1.165) is 17.6 Å². The molecule has 1 aromatic carbocycles. The summed E-state index contributed by atoms with van der Waals surface area (Å²) in [6.07, 6.45) is 2.23. The van der Waals surface area contributed by atoms with Crippen LogP contribution in [0.3, 0.4) is 0 Å². The molecule has 0 aromatic heterocycles. The zero-order chi connectivity index (χ0) is 10.7. The minimum Gasteiger partial charge on any atom is -0.396 e. The average molecular weight is 222 g/mol. The van der Waals surface area contributed by atoms with Gasteiger partial charge in [0.2, 0.25) is 0 Å². The van der Waals surface area contributed by atoms with Crippen LogP contribution < -0.4 is 0 Å². The summed E-state index contributed by atoms with van der Waals surface area (Å²) in [6, 6.07) is 10.8. The number of aliphatic hydroxyl groups excluding tert-OH is 1. The van der Waals surface area contributed by atoms with Gasteiger partial charge in [0.1, 0.15) is 0 Å². The van der Waals surface area contributed by atoms with Crippen LogP contribution in [-0.4, -0.2) is 22.2 Å². The average Bonchev–Trinajstić information content (AvgIpc) is 2.99. The molecule has 1 aliphatic rings. The van der Waals surface area contributed by atoms with Crippen LogP contribution >= 0.6 is 11.8 Å². The topological polar surface area (TPSA) is 20.2 Å². The van der Waals surface area contributed by atoms with Crippen molar-refractivity contribution < 1.29 is 5.11 Å². The molecule has 0 amide bonds. The lowest BCUT2D eigenvalue weighted by atomic mass is 10.1. The predicted molar refractivity (Wildman–Crippen MR) is 66.3 cm³/mol. The van der Waals surface area contributed by atoms with Crippen molar-refractivity contribution in [1.29, 1.82) is 0 Å². The van der Waals surface area contributed by atoms with Gasteiger partial charge in [0.05, 0.1) is 0 Å². The zero-order valence-electron chi connectivity index (χ0n) is 9.10. The molecule has 1 saturated carbocycles. The smallest absolute Gasteiger partial charge is 0.0441 e. The van der Waals surface area contributed by atoms with E-state index in [4.69, 9.17) is 5.11 Å². The largest absolute Gasteiger partial charge is 0.396 e. The number of rotatable bonds is 5. The van der Waals surface area contributed by atoms with Crippen molar-refractivity contribution >= 4 is 11.8 Å². The first-order valence-corrected chi connectivity index (χ1v) is 6.57. The van der Waals surface area contributed by atoms with Gasteiger partial charge in [-0.2, -0.15) is 11.8 Å². The van der Waals surface area contributed by atoms with E-state index in [2.05, 4.69) is 37.3 Å². The highest BCUT2D eigenvalue weighted by atomic mass is 32.2. The van der Waals surface area contributed by atoms with Crippen LogP contribution in [0.25, 0.3) is 0 Å². The maximum atomic E-state index is 8.84. The summed E-state index contributed by atoms with van der Waals surface area (Å²) in [5, 5.41) is 10.2. The van der Waals surface area contributed by atoms with E-state index >= 15 is 0 Å². The third kappa shape index (κ3) is 2.99. The van der Waals surface area contributed by atoms with Gasteiger partial charge in [-0.1, -0.05) is 37.3 Å². The molecule has 0 heterocycles. The Morgan fingerprint density at radius 1 is 1.40 bits per heavy atom. The fraction of sp³-hybridized carbons (Fsp3) is 0.538. The summed E-state index contributed by atoms with van der Waals surface area (Å²) in [4.78, 5) is 0. The van der Waals surface area contributed by atoms with Gasteiger partial charge in [-0.3, -0.25) is 0 Å². The van der Waals surface area contributed by atoms with E-state index in [-0.39, 0.29) is 0 Å². The van der Waals surface area contributed by atoms with Crippen molar-refractivity contribution in [3.05, 3.63) is 35.9 Å². The van der Waals surface area contributed by atoms with Crippen molar-refractivity contribution in [2.24, 2.45) is 0 Å². The van der Waals surface area contributed by atoms with Crippen LogP contribution in [0, 0.1) is 0 Å². The van der Waals surface area contributed by atoms with Crippen LogP contribution in [0.2, 0.25) is 0 Å². The molecule has 0 aliphatic heterocycles. The van der Waals surface area contributed by atoms with Crippen LogP contribution in [0.15, 0.2) is 30.3 Å². The van der Waals surface area contributed by atoms with Gasteiger partial charge in [-0.25, -0.2) is 0 Å². The lowest BCUT2D eigenvalue weighted by Crippen LogP contribution is -2.01. The fourth-order valence-electron chi connectivity index (χ4n) is 1.92. The SMILES string of the molecule is CC(CCO)SC1CC1c1ccccc1. The van der Waals surface area contributed by atoms with E-state index in [1.54, 1.807) is 0 Å². The minimum absolute atomic E-state index is 0.316. The predicted octanol–water partition coefficient (Wildman–Crippen LogP) is 3.05. The third-order valence-electron chi connectivity index (χ3n) is 2.90. The molecule has 82 valence electrons. The molecule has 2 rings (SSSR count). The van der Waals surface area contributed by atoms with Crippen LogP contribution in [0.4, 0.5) is 0 Å². The Balaban J connectivity index is 1.81. The van der Waals surface area contributed by atoms with Crippen molar-refractivity contribution in [2.45, 2.75) is 36.2 Å². The molecule has 1 nitrogen and oxygen atoms in total. The number of thioether (sulfide) groups is 1. The first-order valence-electron chi connectivity index (χ1n) is 5.62. The summed E-state index contributed by atoms with van der Waals surface area (Å²) in [7, 11) is 0. The number of hydrogen-bond donors (Lipinski definition) is 1. The molecular weight excluding hydrogens is 204 g/mol. The normalized spacial score (nSPS) is 26.3. The second kappa shape index (κ2) is 5.04. The monoisotopic (exact) mass is 222 g/mol. The standard InChI is InChI=1S/C13H18OS/c1-10(7-8-14)15-13-9-12(13)11-5-3-2-4-6-11/h2-6,10,12-14H,7-9H2,1H3. The van der Waals surface area contributed by atoms with Crippen LogP contribution in [0.1, 0.15) is 31.2 Å². The fourth-order valence-corrected chi connectivity index (χ4v) is 3.42. The summed E-state index contributed by atoms with van der Waals surface area (Å²) in [6.45, 7) is 2.53. The van der Waals surface area contributed by atoms with E-state index in [1.807, 2.05) is 11.8 Å². The zero-order valence-corrected chi connectivity index (χ0v) is 9.91. The second-order valence-corrected chi connectivity index (χ2v) is 5.93. The van der Waals surface area contributed by atoms with Gasteiger partial charge >= 0.3 is 0 Å². The summed E-state index contributed by atoms with van der Waals surface area (Å²) >= 11 is 2.03. The minimum atomic E-state index is 0.316. The van der Waals surface area contributed by atoms with E-state index in [0.29, 0.717) is 11.9 Å². The third-order valence-corrected chi connectivity index (χ3v) is 4.47. The first-order chi connectivity index (χ1) is 7.31. The molecule has 1 fully saturated rings. The quantitative estimate of drug-likeness (QED) is 0.826. The summed E-state index contributed by atoms with van der Waals surface area (Å²) in [5.74, 6) is 0.761. The summed E-state index contributed by atoms with van der Waals surface area (Å²) < 4.78 is 0. The molecule has 1 N–H and O–H groups in total. The van der Waals surface area contributed by atoms with E-state index < -0.39 is 0 Å². The number of aliphatic hydroxyl groups is 1. The van der Waals surface area contributed by atoms with Gasteiger partial charge in [0.15, 0.2) is 0 Å². The molecule has 1 aromatic rings. The van der Waals surface area contributed by atoms with Crippen molar-refractivity contribution in [3.63, 3.8) is 0 Å². The van der Waals surface area contributed by atoms with E-state index in [9.17, 15) is 0 Å². The van der Waals surface area contributed by atoms with E-state index in [1.165, 1.54) is 12.0 Å². The summed E-state index contributed by atoms with van der Waals surface area (Å²) in [5.41, 5.74) is 1.48. The second-order valence-electron chi connectivity index (χ2n) is 4.25. The molecule has 0 spiro atoms. The molecule has 0 saturated heterocycles. The molecule has 0 radical (unpaired) electrons. The van der Waals surface area contributed by atoms with Gasteiger partial charge in [0.25, 0.3) is 0 Å². The highest BCUT2D eigenvalue weighted by Gasteiger charge is 2.39. The molecule has 3 unspecified atom stereocenters. The molecule has 15 heavy (non-hydrogen) atoms. The Kier molecular flexibility index (Phi) is 3.71. The van der Waals surface area contributed by atoms with Gasteiger partial charge < -0.3 is 5.11 Å². The molecule has 3 atom stereocenters. The lowest BCUT2D eigenvalue weighted by Gasteiger charge is -2.08. The molecular formula is C13H18OS. The number of benzene rings is 1. The Morgan fingerprint density at radius 3 is 2.80 bits per heavy atom. The van der Waals surface area contributed by atoms with Crippen LogP contribution in [-0.2, 0) is 0 Å². The van der Waals surface area contributed by atoms with Gasteiger partial charge in [-0.15, -0.1) is 0 Å². The highest BCUT2D eigenvalue weighted by Crippen LogP contribution is 2.50. The maximum absolute atomic E-state index is 8.84. The number of hydrogen-bond acceptors (Lipinski definition) is 2. The van der Waals surface area contributed by atoms with Crippen molar-refractivity contribution in [3.8, 4) is 0 Å². The highest BCUT2D eigenvalue weighted by molar-refractivity contribution is 8.00. The first kappa shape index (κ1) is 11.0. The Labute approximate surface area is 95.9 Å². The van der Waals surface area contributed by atoms with Crippen molar-refractivity contribution in [2.75, 3.05) is 6.61 Å². The van der Waals surface area contributed by atoms with Gasteiger partial charge in [-0.05, 0) is 24.3 Å².